The molecule has 2 aromatic carbocycles. The molecule has 0 aromatic heterocycles. The molecule has 4 heteroatoms. The van der Waals surface area contributed by atoms with Crippen LogP contribution in [0.4, 0.5) is 0 Å². The number of hydrogen-bond acceptors (Lipinski definition) is 3. The minimum atomic E-state index is 0.445. The highest BCUT2D eigenvalue weighted by atomic mass is 35.5. The van der Waals surface area contributed by atoms with Crippen molar-refractivity contribution >= 4 is 11.6 Å². The van der Waals surface area contributed by atoms with Gasteiger partial charge < -0.3 is 9.64 Å². The summed E-state index contributed by atoms with van der Waals surface area (Å²) in [5.74, 6) is 0.687. The summed E-state index contributed by atoms with van der Waals surface area (Å²) >= 11 is 5.89. The molecule has 0 unspecified atom stereocenters. The second kappa shape index (κ2) is 8.43. The van der Waals surface area contributed by atoms with Gasteiger partial charge in [-0.15, -0.1) is 0 Å². The fourth-order valence-corrected chi connectivity index (χ4v) is 2.34. The van der Waals surface area contributed by atoms with Crippen LogP contribution in [0.2, 0.25) is 5.02 Å². The fraction of sp³-hybridized carbons (Fsp3) is 0.278. The number of nitriles is 1. The normalized spacial score (nSPS) is 10.5. The van der Waals surface area contributed by atoms with Crippen molar-refractivity contribution in [1.82, 2.24) is 4.90 Å². The van der Waals surface area contributed by atoms with Gasteiger partial charge in [0.25, 0.3) is 0 Å². The number of rotatable bonds is 7. The van der Waals surface area contributed by atoms with Crippen molar-refractivity contribution in [3.05, 3.63) is 64.7 Å². The summed E-state index contributed by atoms with van der Waals surface area (Å²) in [5, 5.41) is 9.39. The van der Waals surface area contributed by atoms with Gasteiger partial charge in [-0.3, -0.25) is 0 Å². The Morgan fingerprint density at radius 1 is 1.18 bits per heavy atom. The molecule has 0 atom stereocenters. The lowest BCUT2D eigenvalue weighted by molar-refractivity contribution is 0.259. The molecule has 0 N–H and O–H groups in total. The molecule has 0 saturated carbocycles. The van der Waals surface area contributed by atoms with Crippen molar-refractivity contribution in [2.24, 2.45) is 0 Å². The Kier molecular flexibility index (Phi) is 6.27. The zero-order valence-corrected chi connectivity index (χ0v) is 13.4. The van der Waals surface area contributed by atoms with Gasteiger partial charge in [-0.1, -0.05) is 41.9 Å². The summed E-state index contributed by atoms with van der Waals surface area (Å²) in [4.78, 5) is 2.27. The van der Waals surface area contributed by atoms with E-state index in [2.05, 4.69) is 42.3 Å². The maximum atomic E-state index is 8.93. The largest absolute Gasteiger partial charge is 0.494 e. The van der Waals surface area contributed by atoms with Gasteiger partial charge >= 0.3 is 0 Å². The molecule has 114 valence electrons. The molecule has 0 amide bonds. The summed E-state index contributed by atoms with van der Waals surface area (Å²) in [6.45, 7) is 2.50. The summed E-state index contributed by atoms with van der Waals surface area (Å²) in [6.07, 6.45) is 0.924. The maximum Gasteiger partial charge on any atom is 0.120 e. The Balaban J connectivity index is 1.72. The Morgan fingerprint density at radius 2 is 1.95 bits per heavy atom. The van der Waals surface area contributed by atoms with E-state index in [4.69, 9.17) is 21.6 Å². The van der Waals surface area contributed by atoms with Crippen LogP contribution in [0, 0.1) is 11.3 Å². The van der Waals surface area contributed by atoms with Crippen LogP contribution >= 0.6 is 11.6 Å². The smallest absolute Gasteiger partial charge is 0.120 e. The number of halogens is 1. The van der Waals surface area contributed by atoms with Crippen molar-refractivity contribution < 1.29 is 4.74 Å². The third-order valence-corrected chi connectivity index (χ3v) is 3.64. The Bertz CT molecular complexity index is 637. The van der Waals surface area contributed by atoms with Crippen molar-refractivity contribution in [2.45, 2.75) is 13.0 Å². The van der Waals surface area contributed by atoms with Crippen LogP contribution < -0.4 is 4.74 Å². The Hall–Kier alpha value is -2.02. The molecule has 0 bridgehead atoms. The molecule has 2 aromatic rings. The number of ether oxygens (including phenoxy) is 1. The molecule has 3 nitrogen and oxygen atoms in total. The predicted octanol–water partition coefficient (Wildman–Crippen LogP) is 4.11. The van der Waals surface area contributed by atoms with Crippen LogP contribution in [0.5, 0.6) is 5.75 Å². The minimum Gasteiger partial charge on any atom is -0.494 e. The first kappa shape index (κ1) is 16.4. The van der Waals surface area contributed by atoms with E-state index in [1.54, 1.807) is 18.2 Å². The topological polar surface area (TPSA) is 36.3 Å². The molecule has 0 radical (unpaired) electrons. The fourth-order valence-electron chi connectivity index (χ4n) is 2.18. The zero-order chi connectivity index (χ0) is 15.8. The monoisotopic (exact) mass is 314 g/mol. The predicted molar refractivity (Wildman–Crippen MR) is 89.1 cm³/mol. The maximum absolute atomic E-state index is 8.93. The van der Waals surface area contributed by atoms with Crippen LogP contribution in [0.15, 0.2) is 48.5 Å². The highest BCUT2D eigenvalue weighted by Crippen LogP contribution is 2.21. The van der Waals surface area contributed by atoms with Gasteiger partial charge in [0.2, 0.25) is 0 Å². The van der Waals surface area contributed by atoms with E-state index >= 15 is 0 Å². The van der Waals surface area contributed by atoms with Gasteiger partial charge in [-0.25, -0.2) is 0 Å². The van der Waals surface area contributed by atoms with E-state index in [0.29, 0.717) is 22.9 Å². The molecular weight excluding hydrogens is 296 g/mol. The summed E-state index contributed by atoms with van der Waals surface area (Å²) in [6, 6.07) is 17.6. The number of benzene rings is 2. The van der Waals surface area contributed by atoms with Gasteiger partial charge in [-0.2, -0.15) is 5.26 Å². The second-order valence-corrected chi connectivity index (χ2v) is 5.59. The first-order chi connectivity index (χ1) is 10.7. The van der Waals surface area contributed by atoms with Crippen LogP contribution in [0.25, 0.3) is 0 Å². The third kappa shape index (κ3) is 5.07. The van der Waals surface area contributed by atoms with Gasteiger partial charge in [0.15, 0.2) is 0 Å². The lowest BCUT2D eigenvalue weighted by Gasteiger charge is -2.16. The van der Waals surface area contributed by atoms with Crippen molar-refractivity contribution in [1.29, 1.82) is 5.26 Å². The average Bonchev–Trinajstić information content (AvgIpc) is 2.54. The lowest BCUT2D eigenvalue weighted by atomic mass is 10.2. The van der Waals surface area contributed by atoms with Crippen molar-refractivity contribution in [3.8, 4) is 11.8 Å². The molecule has 0 fully saturated rings. The summed E-state index contributed by atoms with van der Waals surface area (Å²) in [5.41, 5.74) is 1.75. The molecule has 0 saturated heterocycles. The highest BCUT2D eigenvalue weighted by molar-refractivity contribution is 6.31. The van der Waals surface area contributed by atoms with Crippen LogP contribution in [0.1, 0.15) is 17.5 Å². The highest BCUT2D eigenvalue weighted by Gasteiger charge is 2.03. The minimum absolute atomic E-state index is 0.445. The average molecular weight is 315 g/mol. The quantitative estimate of drug-likeness (QED) is 0.721. The van der Waals surface area contributed by atoms with Gasteiger partial charge in [0, 0.05) is 13.1 Å². The molecule has 22 heavy (non-hydrogen) atoms. The molecule has 0 spiro atoms. The molecular formula is C18H19ClN2O. The SMILES string of the molecule is CN(CCCOc1ccc(Cl)c(C#N)c1)Cc1ccccc1. The van der Waals surface area contributed by atoms with Gasteiger partial charge in [0.05, 0.1) is 17.2 Å². The van der Waals surface area contributed by atoms with E-state index < -0.39 is 0 Å². The van der Waals surface area contributed by atoms with E-state index in [9.17, 15) is 0 Å². The Labute approximate surface area is 136 Å². The van der Waals surface area contributed by atoms with Crippen molar-refractivity contribution in [3.63, 3.8) is 0 Å². The molecule has 2 rings (SSSR count). The second-order valence-electron chi connectivity index (χ2n) is 5.18. The van der Waals surface area contributed by atoms with E-state index in [0.717, 1.165) is 19.5 Å². The third-order valence-electron chi connectivity index (χ3n) is 3.31. The summed E-state index contributed by atoms with van der Waals surface area (Å²) < 4.78 is 5.67. The van der Waals surface area contributed by atoms with E-state index in [-0.39, 0.29) is 0 Å². The molecule has 0 aliphatic rings. The van der Waals surface area contributed by atoms with E-state index in [1.165, 1.54) is 5.56 Å². The Morgan fingerprint density at radius 3 is 2.68 bits per heavy atom. The number of hydrogen-bond donors (Lipinski definition) is 0. The van der Waals surface area contributed by atoms with Crippen LogP contribution in [-0.2, 0) is 6.54 Å². The van der Waals surface area contributed by atoms with Crippen LogP contribution in [0.3, 0.4) is 0 Å². The van der Waals surface area contributed by atoms with Crippen molar-refractivity contribution in [2.75, 3.05) is 20.2 Å². The van der Waals surface area contributed by atoms with Crippen LogP contribution in [-0.4, -0.2) is 25.1 Å². The number of nitrogens with zero attached hydrogens (tertiary/aromatic N) is 2. The first-order valence-electron chi connectivity index (χ1n) is 7.24. The molecule has 0 aliphatic carbocycles. The zero-order valence-electron chi connectivity index (χ0n) is 12.6. The molecule has 0 aliphatic heterocycles. The summed E-state index contributed by atoms with van der Waals surface area (Å²) in [7, 11) is 2.10. The van der Waals surface area contributed by atoms with E-state index in [1.807, 2.05) is 6.07 Å². The molecule has 0 heterocycles. The van der Waals surface area contributed by atoms with Gasteiger partial charge in [0.1, 0.15) is 11.8 Å². The standard InChI is InChI=1S/C18H19ClN2O/c1-21(14-15-6-3-2-4-7-15)10-5-11-22-17-8-9-18(19)16(12-17)13-20/h2-4,6-9,12H,5,10-11,14H2,1H3. The first-order valence-corrected chi connectivity index (χ1v) is 7.62. The lowest BCUT2D eigenvalue weighted by Crippen LogP contribution is -2.20. The van der Waals surface area contributed by atoms with Gasteiger partial charge in [-0.05, 0) is 37.2 Å².